The number of hydrogen-bond donors (Lipinski definition) is 1. The second-order valence-corrected chi connectivity index (χ2v) is 10.7. The van der Waals surface area contributed by atoms with Gasteiger partial charge in [-0.15, -0.1) is 11.3 Å². The topological polar surface area (TPSA) is 41.6 Å². The maximum absolute atomic E-state index is 12.2. The molecule has 3 aliphatic heterocycles. The molecule has 1 N–H and O–H groups in total. The molecule has 0 saturated carbocycles. The molecular formula is C21H32N2O2S. The third-order valence-corrected chi connectivity index (χ3v) is 7.76. The molecule has 0 aliphatic carbocycles. The number of nitrogens with one attached hydrogen (secondary N) is 1. The van der Waals surface area contributed by atoms with E-state index < -0.39 is 0 Å². The predicted octanol–water partition coefficient (Wildman–Crippen LogP) is 3.75. The number of thiophene rings is 1. The second-order valence-electron chi connectivity index (χ2n) is 9.50. The molecule has 2 saturated heterocycles. The molecule has 4 heterocycles. The molecule has 0 unspecified atom stereocenters. The lowest BCUT2D eigenvalue weighted by molar-refractivity contribution is -0.149. The molecule has 1 aromatic rings. The largest absolute Gasteiger partial charge is 0.469 e. The standard InChI is InChI=1S/C21H32N2O2S/c1-21(2,3)14-7-13(20(24)25-4)10-23(11-14)12-16-9-17-18-6-5-15(22-18)8-19(17)26-16/h9,13-15,18,22H,5-8,10-12H2,1-4H3/t13-,14-,15-,18+/m1/s1. The minimum absolute atomic E-state index is 0.00485. The molecule has 1 aromatic heterocycles. The summed E-state index contributed by atoms with van der Waals surface area (Å²) in [6.07, 6.45) is 4.75. The van der Waals surface area contributed by atoms with Crippen LogP contribution in [0.25, 0.3) is 0 Å². The molecule has 5 heteroatoms. The zero-order chi connectivity index (χ0) is 18.5. The van der Waals surface area contributed by atoms with Crippen LogP contribution in [0.1, 0.15) is 61.4 Å². The Morgan fingerprint density at radius 3 is 2.88 bits per heavy atom. The van der Waals surface area contributed by atoms with Gasteiger partial charge in [0.05, 0.1) is 13.0 Å². The average Bonchev–Trinajstić information content (AvgIpc) is 3.18. The Kier molecular flexibility index (Phi) is 4.91. The lowest BCUT2D eigenvalue weighted by Gasteiger charge is -2.42. The number of ether oxygens (including phenoxy) is 1. The van der Waals surface area contributed by atoms with E-state index in [1.807, 2.05) is 11.3 Å². The quantitative estimate of drug-likeness (QED) is 0.816. The Labute approximate surface area is 161 Å². The summed E-state index contributed by atoms with van der Waals surface area (Å²) in [7, 11) is 1.52. The zero-order valence-electron chi connectivity index (χ0n) is 16.5. The summed E-state index contributed by atoms with van der Waals surface area (Å²) in [6, 6.07) is 3.72. The molecule has 26 heavy (non-hydrogen) atoms. The number of esters is 1. The monoisotopic (exact) mass is 376 g/mol. The first kappa shape index (κ1) is 18.5. The maximum Gasteiger partial charge on any atom is 0.309 e. The molecule has 0 aromatic carbocycles. The van der Waals surface area contributed by atoms with Crippen molar-refractivity contribution < 1.29 is 9.53 Å². The lowest BCUT2D eigenvalue weighted by atomic mass is 9.73. The smallest absolute Gasteiger partial charge is 0.309 e. The van der Waals surface area contributed by atoms with Crippen molar-refractivity contribution in [2.75, 3.05) is 20.2 Å². The van der Waals surface area contributed by atoms with Gasteiger partial charge >= 0.3 is 5.97 Å². The summed E-state index contributed by atoms with van der Waals surface area (Å²) in [5, 5.41) is 3.75. The van der Waals surface area contributed by atoms with Crippen LogP contribution in [0.2, 0.25) is 0 Å². The zero-order valence-corrected chi connectivity index (χ0v) is 17.3. The number of rotatable bonds is 3. The van der Waals surface area contributed by atoms with E-state index in [4.69, 9.17) is 4.74 Å². The van der Waals surface area contributed by atoms with Gasteiger partial charge in [-0.3, -0.25) is 9.69 Å². The molecule has 3 aliphatic rings. The Morgan fingerprint density at radius 1 is 1.35 bits per heavy atom. The van der Waals surface area contributed by atoms with Crippen LogP contribution < -0.4 is 5.32 Å². The van der Waals surface area contributed by atoms with Gasteiger partial charge in [-0.25, -0.2) is 0 Å². The molecular weight excluding hydrogens is 344 g/mol. The molecule has 144 valence electrons. The van der Waals surface area contributed by atoms with Gasteiger partial charge in [0.1, 0.15) is 0 Å². The van der Waals surface area contributed by atoms with E-state index >= 15 is 0 Å². The van der Waals surface area contributed by atoms with Gasteiger partial charge in [-0.05, 0) is 48.6 Å². The predicted molar refractivity (Wildman–Crippen MR) is 105 cm³/mol. The van der Waals surface area contributed by atoms with Crippen LogP contribution in [-0.4, -0.2) is 37.1 Å². The van der Waals surface area contributed by atoms with Crippen LogP contribution >= 0.6 is 11.3 Å². The lowest BCUT2D eigenvalue weighted by Crippen LogP contribution is -2.46. The number of likely N-dealkylation sites (tertiary alicyclic amines) is 1. The van der Waals surface area contributed by atoms with Crippen molar-refractivity contribution in [1.29, 1.82) is 0 Å². The van der Waals surface area contributed by atoms with E-state index in [2.05, 4.69) is 37.1 Å². The Balaban J connectivity index is 1.50. The molecule has 4 atom stereocenters. The first-order chi connectivity index (χ1) is 12.3. The molecule has 0 radical (unpaired) electrons. The van der Waals surface area contributed by atoms with Crippen molar-refractivity contribution >= 4 is 17.3 Å². The molecule has 2 bridgehead atoms. The van der Waals surface area contributed by atoms with Gasteiger partial charge < -0.3 is 10.1 Å². The van der Waals surface area contributed by atoms with Gasteiger partial charge in [0.2, 0.25) is 0 Å². The van der Waals surface area contributed by atoms with Gasteiger partial charge in [0.25, 0.3) is 0 Å². The summed E-state index contributed by atoms with van der Waals surface area (Å²) in [5.74, 6) is 0.480. The van der Waals surface area contributed by atoms with Crippen LogP contribution in [0.5, 0.6) is 0 Å². The van der Waals surface area contributed by atoms with Crippen molar-refractivity contribution in [2.45, 2.75) is 65.1 Å². The molecule has 4 rings (SSSR count). The normalized spacial score (nSPS) is 31.7. The summed E-state index contributed by atoms with van der Waals surface area (Å²) >= 11 is 2.00. The van der Waals surface area contributed by atoms with Crippen molar-refractivity contribution in [3.63, 3.8) is 0 Å². The Hall–Kier alpha value is -0.910. The maximum atomic E-state index is 12.2. The molecule has 0 amide bonds. The first-order valence-electron chi connectivity index (χ1n) is 10.0. The summed E-state index contributed by atoms with van der Waals surface area (Å²) in [5.41, 5.74) is 1.76. The highest BCUT2D eigenvalue weighted by molar-refractivity contribution is 7.12. The van der Waals surface area contributed by atoms with Crippen molar-refractivity contribution in [3.05, 3.63) is 21.4 Å². The van der Waals surface area contributed by atoms with E-state index in [0.29, 0.717) is 18.0 Å². The fourth-order valence-corrected chi connectivity index (χ4v) is 6.34. The highest BCUT2D eigenvalue weighted by atomic mass is 32.1. The van der Waals surface area contributed by atoms with E-state index in [1.165, 1.54) is 31.2 Å². The fraction of sp³-hybridized carbons (Fsp3) is 0.762. The van der Waals surface area contributed by atoms with Crippen LogP contribution in [0, 0.1) is 17.3 Å². The third kappa shape index (κ3) is 3.58. The molecule has 0 spiro atoms. The number of carbonyl (C=O) groups excluding carboxylic acids is 1. The van der Waals surface area contributed by atoms with Crippen LogP contribution in [0.3, 0.4) is 0 Å². The minimum Gasteiger partial charge on any atom is -0.469 e. The summed E-state index contributed by atoms with van der Waals surface area (Å²) in [4.78, 5) is 17.8. The summed E-state index contributed by atoms with van der Waals surface area (Å²) < 4.78 is 5.08. The van der Waals surface area contributed by atoms with E-state index in [9.17, 15) is 4.79 Å². The number of fused-ring (bicyclic) bond motifs is 4. The number of piperidine rings is 1. The SMILES string of the molecule is COC(=O)[C@@H]1C[C@@H](C(C)(C)C)CN(Cc2cc3c(s2)C[C@H]2CC[C@@H]3N2)C1. The van der Waals surface area contributed by atoms with Crippen LogP contribution in [-0.2, 0) is 22.5 Å². The van der Waals surface area contributed by atoms with Crippen LogP contribution in [0.4, 0.5) is 0 Å². The van der Waals surface area contributed by atoms with Gasteiger partial charge in [0.15, 0.2) is 0 Å². The van der Waals surface area contributed by atoms with Crippen molar-refractivity contribution in [1.82, 2.24) is 10.2 Å². The van der Waals surface area contributed by atoms with E-state index in [1.54, 1.807) is 10.4 Å². The second kappa shape index (κ2) is 6.92. The number of hydrogen-bond acceptors (Lipinski definition) is 5. The van der Waals surface area contributed by atoms with Crippen molar-refractivity contribution in [3.8, 4) is 0 Å². The van der Waals surface area contributed by atoms with E-state index in [0.717, 1.165) is 26.1 Å². The first-order valence-corrected chi connectivity index (χ1v) is 10.8. The molecule has 4 nitrogen and oxygen atoms in total. The van der Waals surface area contributed by atoms with Gasteiger partial charge in [-0.2, -0.15) is 0 Å². The Bertz CT molecular complexity index is 678. The molecule has 2 fully saturated rings. The van der Waals surface area contributed by atoms with Crippen molar-refractivity contribution in [2.24, 2.45) is 17.3 Å². The van der Waals surface area contributed by atoms with Crippen LogP contribution in [0.15, 0.2) is 6.07 Å². The fourth-order valence-electron chi connectivity index (χ4n) is 4.99. The highest BCUT2D eigenvalue weighted by Crippen LogP contribution is 2.41. The Morgan fingerprint density at radius 2 is 2.15 bits per heavy atom. The number of carbonyl (C=O) groups is 1. The van der Waals surface area contributed by atoms with E-state index in [-0.39, 0.29) is 17.3 Å². The number of nitrogens with zero attached hydrogens (tertiary/aromatic N) is 1. The highest BCUT2D eigenvalue weighted by Gasteiger charge is 2.38. The minimum atomic E-state index is -0.0454. The van der Waals surface area contributed by atoms with Gasteiger partial charge in [-0.1, -0.05) is 20.8 Å². The number of methoxy groups -OCH3 is 1. The third-order valence-electron chi connectivity index (χ3n) is 6.61. The van der Waals surface area contributed by atoms with Gasteiger partial charge in [0, 0.05) is 41.5 Å². The summed E-state index contributed by atoms with van der Waals surface area (Å²) in [6.45, 7) is 9.75. The average molecular weight is 377 g/mol.